The summed E-state index contributed by atoms with van der Waals surface area (Å²) in [4.78, 5) is 0.391. The molecule has 2 aromatic rings. The van der Waals surface area contributed by atoms with Crippen molar-refractivity contribution in [2.75, 3.05) is 6.54 Å². The van der Waals surface area contributed by atoms with Crippen LogP contribution in [0, 0.1) is 6.92 Å². The molecule has 21 heavy (non-hydrogen) atoms. The first-order valence-electron chi connectivity index (χ1n) is 6.77. The van der Waals surface area contributed by atoms with Crippen LogP contribution in [0.15, 0.2) is 59.5 Å². The van der Waals surface area contributed by atoms with E-state index < -0.39 is 10.0 Å². The highest BCUT2D eigenvalue weighted by Gasteiger charge is 2.48. The Morgan fingerprint density at radius 3 is 2.33 bits per heavy atom. The van der Waals surface area contributed by atoms with Crippen molar-refractivity contribution in [2.24, 2.45) is 0 Å². The van der Waals surface area contributed by atoms with E-state index in [1.54, 1.807) is 16.4 Å². The number of sulfonamides is 1. The summed E-state index contributed by atoms with van der Waals surface area (Å²) in [5.74, 6) is 0. The Labute approximate surface area is 133 Å². The van der Waals surface area contributed by atoms with Crippen molar-refractivity contribution in [3.05, 3.63) is 65.7 Å². The van der Waals surface area contributed by atoms with Gasteiger partial charge in [0.05, 0.1) is 15.8 Å². The van der Waals surface area contributed by atoms with Crippen molar-refractivity contribution in [3.8, 4) is 0 Å². The predicted octanol–water partition coefficient (Wildman–Crippen LogP) is 3.50. The van der Waals surface area contributed by atoms with Crippen LogP contribution < -0.4 is 0 Å². The van der Waals surface area contributed by atoms with Crippen LogP contribution in [0.3, 0.4) is 0 Å². The second kappa shape index (κ2) is 5.55. The lowest BCUT2D eigenvalue weighted by Gasteiger charge is -2.11. The first kappa shape index (κ1) is 14.8. The van der Waals surface area contributed by atoms with Gasteiger partial charge in [0, 0.05) is 6.54 Å². The smallest absolute Gasteiger partial charge is 0.207 e. The van der Waals surface area contributed by atoms with Crippen LogP contribution in [0.2, 0.25) is 0 Å². The van der Waals surface area contributed by atoms with E-state index in [1.165, 1.54) is 0 Å². The van der Waals surface area contributed by atoms with E-state index in [2.05, 4.69) is 15.9 Å². The molecule has 1 heterocycles. The van der Waals surface area contributed by atoms with Crippen LogP contribution in [0.4, 0.5) is 0 Å². The Morgan fingerprint density at radius 1 is 1.10 bits per heavy atom. The second-order valence-electron chi connectivity index (χ2n) is 5.27. The molecule has 0 amide bonds. The monoisotopic (exact) mass is 365 g/mol. The fraction of sp³-hybridized carbons (Fsp3) is 0.250. The minimum absolute atomic E-state index is 0.0151. The summed E-state index contributed by atoms with van der Waals surface area (Å²) in [6.07, 6.45) is 0. The van der Waals surface area contributed by atoms with Crippen molar-refractivity contribution in [3.63, 3.8) is 0 Å². The molecule has 0 bridgehead atoms. The zero-order valence-electron chi connectivity index (χ0n) is 11.6. The van der Waals surface area contributed by atoms with Gasteiger partial charge in [-0.05, 0) is 24.6 Å². The van der Waals surface area contributed by atoms with Crippen LogP contribution in [0.1, 0.15) is 16.0 Å². The highest BCUT2D eigenvalue weighted by Crippen LogP contribution is 2.41. The van der Waals surface area contributed by atoms with E-state index in [0.29, 0.717) is 11.4 Å². The molecule has 0 saturated carbocycles. The van der Waals surface area contributed by atoms with Crippen LogP contribution in [-0.2, 0) is 10.0 Å². The molecule has 1 unspecified atom stereocenters. The van der Waals surface area contributed by atoms with Crippen molar-refractivity contribution in [1.82, 2.24) is 4.31 Å². The molecule has 1 saturated heterocycles. The average Bonchev–Trinajstić information content (AvgIpc) is 3.29. The van der Waals surface area contributed by atoms with Gasteiger partial charge in [0.25, 0.3) is 0 Å². The second-order valence-corrected chi connectivity index (χ2v) is 8.14. The molecule has 3 nitrogen and oxygen atoms in total. The molecule has 3 atom stereocenters. The Kier molecular flexibility index (Phi) is 3.90. The number of hydrogen-bond acceptors (Lipinski definition) is 2. The molecule has 0 radical (unpaired) electrons. The summed E-state index contributed by atoms with van der Waals surface area (Å²) in [6.45, 7) is 2.50. The molecule has 3 rings (SSSR count). The van der Waals surface area contributed by atoms with E-state index in [9.17, 15) is 8.42 Å². The Morgan fingerprint density at radius 2 is 1.71 bits per heavy atom. The fourth-order valence-electron chi connectivity index (χ4n) is 2.36. The molecular formula is C16H16BrNO2S. The summed E-state index contributed by atoms with van der Waals surface area (Å²) in [6, 6.07) is 16.9. The maximum absolute atomic E-state index is 12.6. The maximum atomic E-state index is 12.6. The SMILES string of the molecule is Cc1ccc(S(=O)(=O)N2C[C@@H]2[C@@H](Br)c2ccccc2)cc1. The number of halogens is 1. The normalized spacial score (nSPS) is 22.8. The van der Waals surface area contributed by atoms with Gasteiger partial charge in [-0.15, -0.1) is 0 Å². The molecule has 0 spiro atoms. The van der Waals surface area contributed by atoms with Gasteiger partial charge in [-0.1, -0.05) is 64.0 Å². The van der Waals surface area contributed by atoms with Crippen molar-refractivity contribution >= 4 is 26.0 Å². The van der Waals surface area contributed by atoms with Gasteiger partial charge in [-0.2, -0.15) is 4.31 Å². The minimum atomic E-state index is -3.38. The molecule has 0 N–H and O–H groups in total. The number of rotatable bonds is 4. The lowest BCUT2D eigenvalue weighted by atomic mass is 10.1. The van der Waals surface area contributed by atoms with Gasteiger partial charge < -0.3 is 0 Å². The van der Waals surface area contributed by atoms with Crippen molar-refractivity contribution < 1.29 is 8.42 Å². The standard InChI is InChI=1S/C16H16BrNO2S/c1-12-7-9-14(10-8-12)21(19,20)18-11-15(18)16(17)13-5-3-2-4-6-13/h2-10,15-16H,11H2,1H3/t15-,16+,18?/m1/s1. The van der Waals surface area contributed by atoms with E-state index >= 15 is 0 Å². The summed E-state index contributed by atoms with van der Waals surface area (Å²) < 4.78 is 26.7. The van der Waals surface area contributed by atoms with Crippen LogP contribution >= 0.6 is 15.9 Å². The van der Waals surface area contributed by atoms with Gasteiger partial charge in [0.15, 0.2) is 0 Å². The van der Waals surface area contributed by atoms with Gasteiger partial charge in [-0.25, -0.2) is 8.42 Å². The summed E-state index contributed by atoms with van der Waals surface area (Å²) in [5.41, 5.74) is 2.16. The first-order chi connectivity index (χ1) is 10.00. The van der Waals surface area contributed by atoms with Gasteiger partial charge >= 0.3 is 0 Å². The lowest BCUT2D eigenvalue weighted by Crippen LogP contribution is -2.16. The molecular weight excluding hydrogens is 350 g/mol. The molecule has 5 heteroatoms. The largest absolute Gasteiger partial charge is 0.243 e. The molecule has 110 valence electrons. The molecule has 2 aromatic carbocycles. The molecule has 1 aliphatic rings. The molecule has 1 aliphatic heterocycles. The van der Waals surface area contributed by atoms with Gasteiger partial charge in [-0.3, -0.25) is 0 Å². The predicted molar refractivity (Wildman–Crippen MR) is 87.0 cm³/mol. The van der Waals surface area contributed by atoms with E-state index in [4.69, 9.17) is 0 Å². The van der Waals surface area contributed by atoms with Crippen LogP contribution in [-0.4, -0.2) is 25.3 Å². The third-order valence-electron chi connectivity index (χ3n) is 3.69. The summed E-state index contributed by atoms with van der Waals surface area (Å²) >= 11 is 3.62. The first-order valence-corrected chi connectivity index (χ1v) is 9.13. The van der Waals surface area contributed by atoms with Crippen LogP contribution in [0.5, 0.6) is 0 Å². The maximum Gasteiger partial charge on any atom is 0.243 e. The van der Waals surface area contributed by atoms with E-state index in [-0.39, 0.29) is 10.9 Å². The van der Waals surface area contributed by atoms with Gasteiger partial charge in [0.1, 0.15) is 0 Å². The van der Waals surface area contributed by atoms with Crippen LogP contribution in [0.25, 0.3) is 0 Å². The third kappa shape index (κ3) is 2.91. The lowest BCUT2D eigenvalue weighted by molar-refractivity contribution is 0.551. The number of alkyl halides is 1. The number of nitrogens with zero attached hydrogens (tertiary/aromatic N) is 1. The average molecular weight is 366 g/mol. The van der Waals surface area contributed by atoms with Crippen molar-refractivity contribution in [2.45, 2.75) is 22.7 Å². The Bertz CT molecular complexity index is 729. The highest BCUT2D eigenvalue weighted by molar-refractivity contribution is 9.09. The zero-order valence-corrected chi connectivity index (χ0v) is 14.0. The molecule has 0 aliphatic carbocycles. The zero-order chi connectivity index (χ0) is 15.0. The third-order valence-corrected chi connectivity index (χ3v) is 6.73. The summed E-state index contributed by atoms with van der Waals surface area (Å²) in [5, 5.41) is 0. The fourth-order valence-corrected chi connectivity index (χ4v) is 4.85. The Balaban J connectivity index is 1.79. The topological polar surface area (TPSA) is 37.1 Å². The summed E-state index contributed by atoms with van der Waals surface area (Å²) in [7, 11) is -3.38. The number of aryl methyl sites for hydroxylation is 1. The van der Waals surface area contributed by atoms with E-state index in [0.717, 1.165) is 11.1 Å². The van der Waals surface area contributed by atoms with E-state index in [1.807, 2.05) is 49.4 Å². The van der Waals surface area contributed by atoms with Gasteiger partial charge in [0.2, 0.25) is 10.0 Å². The number of benzene rings is 2. The highest BCUT2D eigenvalue weighted by atomic mass is 79.9. The Hall–Kier alpha value is -1.17. The molecule has 1 fully saturated rings. The molecule has 0 aromatic heterocycles. The minimum Gasteiger partial charge on any atom is -0.207 e. The number of hydrogen-bond donors (Lipinski definition) is 0. The quantitative estimate of drug-likeness (QED) is 0.614. The van der Waals surface area contributed by atoms with Crippen molar-refractivity contribution in [1.29, 1.82) is 0 Å².